The van der Waals surface area contributed by atoms with Crippen LogP contribution in [0.4, 0.5) is 4.39 Å². The molecular formula is C18H20FNO3S. The summed E-state index contributed by atoms with van der Waals surface area (Å²) < 4.78 is 39.7. The van der Waals surface area contributed by atoms with Gasteiger partial charge in [0, 0.05) is 17.9 Å². The van der Waals surface area contributed by atoms with E-state index < -0.39 is 32.2 Å². The van der Waals surface area contributed by atoms with E-state index in [4.69, 9.17) is 5.73 Å². The zero-order valence-electron chi connectivity index (χ0n) is 13.3. The van der Waals surface area contributed by atoms with Gasteiger partial charge in [-0.1, -0.05) is 29.8 Å². The lowest BCUT2D eigenvalue weighted by atomic mass is 10.00. The first kappa shape index (κ1) is 17.1. The number of aliphatic hydroxyl groups excluding tert-OH is 1. The molecule has 1 saturated carbocycles. The van der Waals surface area contributed by atoms with Crippen molar-refractivity contribution < 1.29 is 17.9 Å². The molecule has 3 atom stereocenters. The van der Waals surface area contributed by atoms with Crippen molar-refractivity contribution in [2.24, 2.45) is 11.1 Å². The fourth-order valence-corrected chi connectivity index (χ4v) is 5.97. The van der Waals surface area contributed by atoms with Crippen molar-refractivity contribution in [3.8, 4) is 0 Å². The van der Waals surface area contributed by atoms with Crippen LogP contribution in [-0.2, 0) is 9.84 Å². The van der Waals surface area contributed by atoms with Crippen LogP contribution in [0.5, 0.6) is 0 Å². The predicted octanol–water partition coefficient (Wildman–Crippen LogP) is 2.01. The average molecular weight is 349 g/mol. The lowest BCUT2D eigenvalue weighted by Crippen LogP contribution is -2.27. The summed E-state index contributed by atoms with van der Waals surface area (Å²) in [5.74, 6) is -0.954. The number of hydrogen-bond acceptors (Lipinski definition) is 4. The Kier molecular flexibility index (Phi) is 4.23. The highest BCUT2D eigenvalue weighted by atomic mass is 32.2. The Morgan fingerprint density at radius 3 is 2.42 bits per heavy atom. The molecule has 2 aromatic carbocycles. The number of sulfone groups is 1. The van der Waals surface area contributed by atoms with Crippen molar-refractivity contribution >= 4 is 9.84 Å². The van der Waals surface area contributed by atoms with E-state index in [-0.39, 0.29) is 18.0 Å². The molecular weight excluding hydrogens is 329 g/mol. The second kappa shape index (κ2) is 5.95. The molecule has 1 aliphatic rings. The number of halogens is 1. The molecule has 24 heavy (non-hydrogen) atoms. The van der Waals surface area contributed by atoms with Gasteiger partial charge in [0.25, 0.3) is 0 Å². The first-order valence-electron chi connectivity index (χ1n) is 7.74. The first-order valence-corrected chi connectivity index (χ1v) is 9.28. The summed E-state index contributed by atoms with van der Waals surface area (Å²) in [4.78, 5) is 0.197. The second-order valence-corrected chi connectivity index (χ2v) is 8.48. The first-order chi connectivity index (χ1) is 11.4. The molecule has 128 valence electrons. The molecule has 6 heteroatoms. The molecule has 1 aliphatic carbocycles. The topological polar surface area (TPSA) is 80.4 Å². The number of hydrogen-bond donors (Lipinski definition) is 2. The third-order valence-corrected chi connectivity index (χ3v) is 7.29. The summed E-state index contributed by atoms with van der Waals surface area (Å²) in [5, 5.41) is 8.99. The molecule has 0 aromatic heterocycles. The highest BCUT2D eigenvalue weighted by Crippen LogP contribution is 2.63. The Bertz CT molecular complexity index is 845. The molecule has 3 rings (SSSR count). The van der Waals surface area contributed by atoms with Crippen LogP contribution in [0.2, 0.25) is 0 Å². The van der Waals surface area contributed by atoms with Crippen molar-refractivity contribution in [3.05, 3.63) is 65.5 Å². The Morgan fingerprint density at radius 1 is 1.21 bits per heavy atom. The molecule has 2 aromatic rings. The van der Waals surface area contributed by atoms with E-state index >= 15 is 0 Å². The van der Waals surface area contributed by atoms with Gasteiger partial charge < -0.3 is 10.8 Å². The van der Waals surface area contributed by atoms with E-state index in [2.05, 4.69) is 0 Å². The van der Waals surface area contributed by atoms with E-state index in [0.717, 1.165) is 5.56 Å². The van der Waals surface area contributed by atoms with E-state index in [1.807, 2.05) is 6.92 Å². The van der Waals surface area contributed by atoms with Crippen LogP contribution < -0.4 is 5.73 Å². The lowest BCUT2D eigenvalue weighted by Gasteiger charge is -2.12. The monoisotopic (exact) mass is 349 g/mol. The van der Waals surface area contributed by atoms with Crippen molar-refractivity contribution in [2.75, 3.05) is 13.2 Å². The van der Waals surface area contributed by atoms with Gasteiger partial charge in [-0.2, -0.15) is 0 Å². The normalized spacial score (nSPS) is 26.3. The number of nitrogens with two attached hydrogens (primary N) is 1. The SMILES string of the molecule is Cc1ccc(S(=O)(=O)[C@@H]2[C@H](c3cccc(F)c3)[C@]2(CN)CO)cc1. The van der Waals surface area contributed by atoms with Crippen LogP contribution in [0.3, 0.4) is 0 Å². The maximum atomic E-state index is 13.6. The smallest absolute Gasteiger partial charge is 0.182 e. The number of aryl methyl sites for hydroxylation is 1. The largest absolute Gasteiger partial charge is 0.396 e. The van der Waals surface area contributed by atoms with Crippen LogP contribution in [0.1, 0.15) is 17.0 Å². The van der Waals surface area contributed by atoms with E-state index in [1.54, 1.807) is 30.3 Å². The minimum atomic E-state index is -3.69. The molecule has 0 unspecified atom stereocenters. The highest BCUT2D eigenvalue weighted by molar-refractivity contribution is 7.92. The van der Waals surface area contributed by atoms with Gasteiger partial charge in [0.15, 0.2) is 9.84 Å². The second-order valence-electron chi connectivity index (χ2n) is 6.41. The lowest BCUT2D eigenvalue weighted by molar-refractivity contribution is 0.212. The van der Waals surface area contributed by atoms with Gasteiger partial charge in [-0.3, -0.25) is 0 Å². The van der Waals surface area contributed by atoms with Crippen molar-refractivity contribution in [2.45, 2.75) is 23.0 Å². The Balaban J connectivity index is 2.06. The summed E-state index contributed by atoms with van der Waals surface area (Å²) in [6.45, 7) is 1.53. The number of benzene rings is 2. The fraction of sp³-hybridized carbons (Fsp3) is 0.333. The van der Waals surface area contributed by atoms with Crippen LogP contribution in [0, 0.1) is 18.2 Å². The highest BCUT2D eigenvalue weighted by Gasteiger charge is 2.70. The minimum absolute atomic E-state index is 0.0143. The van der Waals surface area contributed by atoms with Crippen LogP contribution in [-0.4, -0.2) is 31.9 Å². The molecule has 0 aliphatic heterocycles. The minimum Gasteiger partial charge on any atom is -0.396 e. The quantitative estimate of drug-likeness (QED) is 0.865. The number of aliphatic hydroxyl groups is 1. The zero-order chi connectivity index (χ0) is 17.5. The van der Waals surface area contributed by atoms with Gasteiger partial charge in [0.05, 0.1) is 16.8 Å². The third-order valence-electron chi connectivity index (χ3n) is 4.95. The molecule has 0 saturated heterocycles. The van der Waals surface area contributed by atoms with E-state index in [9.17, 15) is 17.9 Å². The Hall–Kier alpha value is -1.76. The maximum Gasteiger partial charge on any atom is 0.182 e. The van der Waals surface area contributed by atoms with Crippen LogP contribution in [0.25, 0.3) is 0 Å². The summed E-state index contributed by atoms with van der Waals surface area (Å²) in [7, 11) is -3.69. The van der Waals surface area contributed by atoms with Gasteiger partial charge in [-0.05, 0) is 36.8 Å². The predicted molar refractivity (Wildman–Crippen MR) is 89.9 cm³/mol. The van der Waals surface area contributed by atoms with Gasteiger partial charge in [0.2, 0.25) is 0 Å². The summed E-state index contributed by atoms with van der Waals surface area (Å²) >= 11 is 0. The molecule has 3 N–H and O–H groups in total. The van der Waals surface area contributed by atoms with Crippen molar-refractivity contribution in [3.63, 3.8) is 0 Å². The zero-order valence-corrected chi connectivity index (χ0v) is 14.1. The number of rotatable bonds is 5. The fourth-order valence-electron chi connectivity index (χ4n) is 3.52. The van der Waals surface area contributed by atoms with Crippen LogP contribution >= 0.6 is 0 Å². The van der Waals surface area contributed by atoms with Gasteiger partial charge in [0.1, 0.15) is 5.82 Å². The molecule has 0 radical (unpaired) electrons. The Labute approximate surface area is 141 Å². The summed E-state index contributed by atoms with van der Waals surface area (Å²) in [6.07, 6.45) is 0. The van der Waals surface area contributed by atoms with E-state index in [0.29, 0.717) is 5.56 Å². The standard InChI is InChI=1S/C18H20FNO3S/c1-12-5-7-15(8-6-12)24(22,23)17-16(18(17,10-20)11-21)13-3-2-4-14(19)9-13/h2-9,16-17,21H,10-11,20H2,1H3/t16-,17+,18-/m0/s1. The molecule has 1 fully saturated rings. The van der Waals surface area contributed by atoms with Gasteiger partial charge in [-0.25, -0.2) is 12.8 Å². The molecule has 0 heterocycles. The third kappa shape index (κ3) is 2.55. The van der Waals surface area contributed by atoms with Gasteiger partial charge in [-0.15, -0.1) is 0 Å². The van der Waals surface area contributed by atoms with E-state index in [1.165, 1.54) is 18.2 Å². The Morgan fingerprint density at radius 2 is 1.88 bits per heavy atom. The molecule has 0 amide bonds. The molecule has 0 bridgehead atoms. The maximum absolute atomic E-state index is 13.6. The molecule has 0 spiro atoms. The van der Waals surface area contributed by atoms with Crippen LogP contribution in [0.15, 0.2) is 53.4 Å². The van der Waals surface area contributed by atoms with Gasteiger partial charge >= 0.3 is 0 Å². The van der Waals surface area contributed by atoms with Crippen molar-refractivity contribution in [1.82, 2.24) is 0 Å². The summed E-state index contributed by atoms with van der Waals surface area (Å²) in [6, 6.07) is 12.4. The summed E-state index contributed by atoms with van der Waals surface area (Å²) in [5.41, 5.74) is 6.35. The molecule has 4 nitrogen and oxygen atoms in total. The van der Waals surface area contributed by atoms with Crippen molar-refractivity contribution in [1.29, 1.82) is 0 Å². The average Bonchev–Trinajstić information content (AvgIpc) is 3.26.